The predicted molar refractivity (Wildman–Crippen MR) is 110 cm³/mol. The second kappa shape index (κ2) is 9.74. The lowest BCUT2D eigenvalue weighted by atomic mass is 9.88. The van der Waals surface area contributed by atoms with Crippen LogP contribution >= 0.6 is 0 Å². The Morgan fingerprint density at radius 2 is 1.93 bits per heavy atom. The van der Waals surface area contributed by atoms with E-state index in [1.165, 1.54) is 17.2 Å². The molecule has 1 atom stereocenters. The summed E-state index contributed by atoms with van der Waals surface area (Å²) in [4.78, 5) is 24.2. The number of amides is 2. The van der Waals surface area contributed by atoms with Crippen molar-refractivity contribution in [2.45, 2.75) is 31.7 Å². The Hall–Kier alpha value is -3.08. The summed E-state index contributed by atoms with van der Waals surface area (Å²) in [5.41, 5.74) is 3.44. The molecule has 1 aliphatic rings. The Labute approximate surface area is 165 Å². The van der Waals surface area contributed by atoms with Gasteiger partial charge in [0.1, 0.15) is 5.75 Å². The average Bonchev–Trinajstić information content (AvgIpc) is 2.73. The highest BCUT2D eigenvalue weighted by molar-refractivity contribution is 5.92. The summed E-state index contributed by atoms with van der Waals surface area (Å²) in [5.74, 6) is 0.515. The van der Waals surface area contributed by atoms with E-state index >= 15 is 0 Å². The van der Waals surface area contributed by atoms with E-state index in [2.05, 4.69) is 22.8 Å². The topological polar surface area (TPSA) is 67.4 Å². The minimum Gasteiger partial charge on any atom is -0.497 e. The summed E-state index contributed by atoms with van der Waals surface area (Å²) in [6.45, 7) is 0.311. The van der Waals surface area contributed by atoms with E-state index < -0.39 is 0 Å². The molecule has 0 unspecified atom stereocenters. The molecule has 0 aliphatic heterocycles. The number of aryl methyl sites for hydroxylation is 1. The highest BCUT2D eigenvalue weighted by Crippen LogP contribution is 2.29. The van der Waals surface area contributed by atoms with Gasteiger partial charge in [-0.15, -0.1) is 0 Å². The second-order valence-electron chi connectivity index (χ2n) is 6.86. The normalized spacial score (nSPS) is 15.7. The number of hydrogen-bond acceptors (Lipinski definition) is 3. The Morgan fingerprint density at radius 1 is 1.14 bits per heavy atom. The minimum absolute atomic E-state index is 0.0406. The molecule has 2 aromatic rings. The molecule has 0 fully saturated rings. The summed E-state index contributed by atoms with van der Waals surface area (Å²) in [5, 5.41) is 5.85. The number of ether oxygens (including phenoxy) is 1. The Balaban J connectivity index is 1.41. The van der Waals surface area contributed by atoms with Crippen molar-refractivity contribution in [3.8, 4) is 5.75 Å². The third-order valence-corrected chi connectivity index (χ3v) is 4.90. The van der Waals surface area contributed by atoms with Crippen LogP contribution < -0.4 is 15.4 Å². The molecular formula is C23H26N2O3. The SMILES string of the molecule is COc1ccc(/C=C/C(=O)NCCC(=O)N[C@H]2CCCc3ccccc32)cc1. The molecule has 28 heavy (non-hydrogen) atoms. The first-order valence-corrected chi connectivity index (χ1v) is 9.63. The summed E-state index contributed by atoms with van der Waals surface area (Å²) >= 11 is 0. The molecule has 0 radical (unpaired) electrons. The van der Waals surface area contributed by atoms with Crippen LogP contribution in [0.1, 0.15) is 42.0 Å². The minimum atomic E-state index is -0.216. The maximum absolute atomic E-state index is 12.3. The molecule has 2 N–H and O–H groups in total. The molecule has 2 aromatic carbocycles. The number of methoxy groups -OCH3 is 1. The third-order valence-electron chi connectivity index (χ3n) is 4.90. The Kier molecular flexibility index (Phi) is 6.84. The van der Waals surface area contributed by atoms with Gasteiger partial charge in [0.05, 0.1) is 13.2 Å². The zero-order valence-corrected chi connectivity index (χ0v) is 16.1. The molecule has 0 bridgehead atoms. The monoisotopic (exact) mass is 378 g/mol. The summed E-state index contributed by atoms with van der Waals surface area (Å²) < 4.78 is 5.10. The van der Waals surface area contributed by atoms with Gasteiger partial charge in [-0.3, -0.25) is 9.59 Å². The average molecular weight is 378 g/mol. The van der Waals surface area contributed by atoms with Crippen molar-refractivity contribution >= 4 is 17.9 Å². The fourth-order valence-corrected chi connectivity index (χ4v) is 3.42. The van der Waals surface area contributed by atoms with Crippen LogP contribution in [0.2, 0.25) is 0 Å². The molecule has 0 aromatic heterocycles. The van der Waals surface area contributed by atoms with Crippen LogP contribution in [-0.2, 0) is 16.0 Å². The number of carbonyl (C=O) groups is 2. The molecule has 0 saturated carbocycles. The lowest BCUT2D eigenvalue weighted by Crippen LogP contribution is -2.33. The molecule has 5 heteroatoms. The van der Waals surface area contributed by atoms with Crippen LogP contribution in [0, 0.1) is 0 Å². The molecule has 0 heterocycles. The van der Waals surface area contributed by atoms with Gasteiger partial charge in [-0.2, -0.15) is 0 Å². The maximum Gasteiger partial charge on any atom is 0.244 e. The van der Waals surface area contributed by atoms with Gasteiger partial charge >= 0.3 is 0 Å². The van der Waals surface area contributed by atoms with Gasteiger partial charge in [-0.05, 0) is 54.2 Å². The molecule has 2 amide bonds. The van der Waals surface area contributed by atoms with E-state index in [4.69, 9.17) is 4.74 Å². The van der Waals surface area contributed by atoms with Crippen molar-refractivity contribution in [3.63, 3.8) is 0 Å². The summed E-state index contributed by atoms with van der Waals surface area (Å²) in [7, 11) is 1.61. The smallest absolute Gasteiger partial charge is 0.244 e. The molecule has 146 valence electrons. The first kappa shape index (κ1) is 19.7. The predicted octanol–water partition coefficient (Wildman–Crippen LogP) is 3.41. The highest BCUT2D eigenvalue weighted by Gasteiger charge is 2.21. The Bertz CT molecular complexity index is 843. The van der Waals surface area contributed by atoms with Gasteiger partial charge in [-0.1, -0.05) is 36.4 Å². The molecule has 3 rings (SSSR count). The van der Waals surface area contributed by atoms with Crippen molar-refractivity contribution < 1.29 is 14.3 Å². The van der Waals surface area contributed by atoms with Gasteiger partial charge in [0.15, 0.2) is 0 Å². The van der Waals surface area contributed by atoms with Gasteiger partial charge in [0, 0.05) is 19.0 Å². The van der Waals surface area contributed by atoms with E-state index in [-0.39, 0.29) is 24.3 Å². The van der Waals surface area contributed by atoms with Crippen LogP contribution in [0.4, 0.5) is 0 Å². The molecule has 0 saturated heterocycles. The zero-order chi connectivity index (χ0) is 19.8. The second-order valence-corrected chi connectivity index (χ2v) is 6.86. The molecule has 1 aliphatic carbocycles. The lowest BCUT2D eigenvalue weighted by molar-refractivity contribution is -0.122. The van der Waals surface area contributed by atoms with Crippen molar-refractivity contribution in [2.24, 2.45) is 0 Å². The van der Waals surface area contributed by atoms with Crippen molar-refractivity contribution in [3.05, 3.63) is 71.3 Å². The fraction of sp³-hybridized carbons (Fsp3) is 0.304. The summed E-state index contributed by atoms with van der Waals surface area (Å²) in [6.07, 6.45) is 6.57. The number of hydrogen-bond donors (Lipinski definition) is 2. The van der Waals surface area contributed by atoms with Crippen LogP contribution in [0.25, 0.3) is 6.08 Å². The van der Waals surface area contributed by atoms with Gasteiger partial charge in [0.2, 0.25) is 11.8 Å². The highest BCUT2D eigenvalue weighted by atomic mass is 16.5. The zero-order valence-electron chi connectivity index (χ0n) is 16.1. The number of rotatable bonds is 7. The van der Waals surface area contributed by atoms with Crippen LogP contribution in [0.5, 0.6) is 5.75 Å². The number of nitrogens with one attached hydrogen (secondary N) is 2. The summed E-state index contributed by atoms with van der Waals surface area (Å²) in [6, 6.07) is 15.8. The van der Waals surface area contributed by atoms with Crippen molar-refractivity contribution in [1.29, 1.82) is 0 Å². The number of carbonyl (C=O) groups excluding carboxylic acids is 2. The Morgan fingerprint density at radius 3 is 2.71 bits per heavy atom. The quantitative estimate of drug-likeness (QED) is 0.726. The standard InChI is InChI=1S/C23H26N2O3/c1-28-19-12-9-17(10-13-19)11-14-22(26)24-16-15-23(27)25-21-8-4-6-18-5-2-3-7-20(18)21/h2-3,5,7,9-14,21H,4,6,8,15-16H2,1H3,(H,24,26)(H,25,27)/b14-11+/t21-/m0/s1. The van der Waals surface area contributed by atoms with E-state index in [0.29, 0.717) is 6.54 Å². The van der Waals surface area contributed by atoms with Gasteiger partial charge in [-0.25, -0.2) is 0 Å². The molecule has 0 spiro atoms. The van der Waals surface area contributed by atoms with Crippen LogP contribution in [0.15, 0.2) is 54.6 Å². The first-order chi connectivity index (χ1) is 13.7. The number of fused-ring (bicyclic) bond motifs is 1. The fourth-order valence-electron chi connectivity index (χ4n) is 3.42. The number of benzene rings is 2. The van der Waals surface area contributed by atoms with E-state index in [0.717, 1.165) is 30.6 Å². The van der Waals surface area contributed by atoms with Gasteiger partial charge in [0.25, 0.3) is 0 Å². The van der Waals surface area contributed by atoms with E-state index in [9.17, 15) is 9.59 Å². The first-order valence-electron chi connectivity index (χ1n) is 9.63. The lowest BCUT2D eigenvalue weighted by Gasteiger charge is -2.26. The van der Waals surface area contributed by atoms with E-state index in [1.807, 2.05) is 36.4 Å². The largest absolute Gasteiger partial charge is 0.497 e. The van der Waals surface area contributed by atoms with Crippen molar-refractivity contribution in [1.82, 2.24) is 10.6 Å². The van der Waals surface area contributed by atoms with E-state index in [1.54, 1.807) is 13.2 Å². The van der Waals surface area contributed by atoms with Crippen LogP contribution in [-0.4, -0.2) is 25.5 Å². The molecular weight excluding hydrogens is 352 g/mol. The maximum atomic E-state index is 12.3. The van der Waals surface area contributed by atoms with Gasteiger partial charge < -0.3 is 15.4 Å². The van der Waals surface area contributed by atoms with Crippen LogP contribution in [0.3, 0.4) is 0 Å². The molecule has 5 nitrogen and oxygen atoms in total. The third kappa shape index (κ3) is 5.46. The van der Waals surface area contributed by atoms with Crippen molar-refractivity contribution in [2.75, 3.05) is 13.7 Å².